The van der Waals surface area contributed by atoms with Crippen molar-refractivity contribution in [2.45, 2.75) is 6.92 Å². The number of aliphatic imine (C=N–C) groups is 1. The molecule has 0 N–H and O–H groups in total. The summed E-state index contributed by atoms with van der Waals surface area (Å²) in [6.45, 7) is 1.97. The molecule has 0 saturated heterocycles. The summed E-state index contributed by atoms with van der Waals surface area (Å²) in [5, 5.41) is 0. The first kappa shape index (κ1) is 15.9. The minimum atomic E-state index is -0.683. The van der Waals surface area contributed by atoms with Crippen LogP contribution in [-0.2, 0) is 0 Å². The minimum absolute atomic E-state index is 0.103. The lowest BCUT2D eigenvalue weighted by Crippen LogP contribution is -1.94. The van der Waals surface area contributed by atoms with E-state index in [1.54, 1.807) is 13.3 Å². The lowest BCUT2D eigenvalue weighted by atomic mass is 10.3. The zero-order chi connectivity index (χ0) is 17.1. The van der Waals surface area contributed by atoms with Crippen LogP contribution in [0.25, 0.3) is 5.69 Å². The first-order valence-electron chi connectivity index (χ1n) is 7.39. The van der Waals surface area contributed by atoms with Gasteiger partial charge in [0.1, 0.15) is 11.6 Å². The number of hydrogen-bond acceptors (Lipinski definition) is 2. The Hall–Kier alpha value is -2.95. The molecule has 5 heteroatoms. The molecule has 1 heterocycles. The number of aromatic nitrogens is 1. The quantitative estimate of drug-likeness (QED) is 0.631. The third kappa shape index (κ3) is 3.35. The molecule has 0 saturated carbocycles. The van der Waals surface area contributed by atoms with Gasteiger partial charge in [0.05, 0.1) is 12.8 Å². The lowest BCUT2D eigenvalue weighted by molar-refractivity contribution is 0.414. The largest absolute Gasteiger partial charge is 0.497 e. The maximum atomic E-state index is 13.6. The van der Waals surface area contributed by atoms with Crippen molar-refractivity contribution in [2.75, 3.05) is 7.11 Å². The van der Waals surface area contributed by atoms with Crippen LogP contribution in [0.15, 0.2) is 59.7 Å². The maximum Gasteiger partial charge on any atom is 0.151 e. The molecule has 3 nitrogen and oxygen atoms in total. The average Bonchev–Trinajstić information content (AvgIpc) is 2.95. The molecule has 0 spiro atoms. The number of halogens is 2. The van der Waals surface area contributed by atoms with Gasteiger partial charge in [0.2, 0.25) is 0 Å². The van der Waals surface area contributed by atoms with E-state index in [2.05, 4.69) is 4.99 Å². The molecule has 122 valence electrons. The molecule has 0 atom stereocenters. The Morgan fingerprint density at radius 3 is 2.46 bits per heavy atom. The van der Waals surface area contributed by atoms with Gasteiger partial charge >= 0.3 is 0 Å². The van der Waals surface area contributed by atoms with Crippen molar-refractivity contribution in [3.8, 4) is 11.4 Å². The van der Waals surface area contributed by atoms with E-state index in [0.29, 0.717) is 0 Å². The van der Waals surface area contributed by atoms with Crippen molar-refractivity contribution in [1.29, 1.82) is 0 Å². The fraction of sp³-hybridized carbons (Fsp3) is 0.105. The number of benzene rings is 2. The third-order valence-corrected chi connectivity index (χ3v) is 3.65. The first-order chi connectivity index (χ1) is 11.6. The van der Waals surface area contributed by atoms with Gasteiger partial charge in [0, 0.05) is 35.4 Å². The zero-order valence-corrected chi connectivity index (χ0v) is 13.3. The van der Waals surface area contributed by atoms with Gasteiger partial charge in [0.25, 0.3) is 0 Å². The second kappa shape index (κ2) is 6.66. The van der Waals surface area contributed by atoms with Crippen LogP contribution in [0.1, 0.15) is 11.3 Å². The molecule has 0 aliphatic heterocycles. The predicted molar refractivity (Wildman–Crippen MR) is 90.7 cm³/mol. The van der Waals surface area contributed by atoms with Crippen LogP contribution < -0.4 is 4.74 Å². The van der Waals surface area contributed by atoms with E-state index in [1.165, 1.54) is 12.1 Å². The van der Waals surface area contributed by atoms with Crippen molar-refractivity contribution >= 4 is 11.9 Å². The Bertz CT molecular complexity index is 883. The smallest absolute Gasteiger partial charge is 0.151 e. The Kier molecular flexibility index (Phi) is 4.42. The molecular formula is C19H16F2N2O. The molecule has 0 amide bonds. The van der Waals surface area contributed by atoms with E-state index in [4.69, 9.17) is 4.74 Å². The molecule has 3 aromatic rings. The van der Waals surface area contributed by atoms with Gasteiger partial charge in [0.15, 0.2) is 5.82 Å². The molecule has 0 unspecified atom stereocenters. The minimum Gasteiger partial charge on any atom is -0.497 e. The van der Waals surface area contributed by atoms with Crippen molar-refractivity contribution < 1.29 is 13.5 Å². The van der Waals surface area contributed by atoms with Gasteiger partial charge in [-0.3, -0.25) is 4.99 Å². The normalized spacial score (nSPS) is 11.2. The predicted octanol–water partition coefficient (Wildman–Crippen LogP) is 4.82. The molecule has 24 heavy (non-hydrogen) atoms. The summed E-state index contributed by atoms with van der Waals surface area (Å²) in [7, 11) is 1.62. The molecule has 3 rings (SSSR count). The van der Waals surface area contributed by atoms with E-state index in [0.717, 1.165) is 28.8 Å². The molecule has 0 aliphatic carbocycles. The molecule has 1 aromatic heterocycles. The average molecular weight is 326 g/mol. The van der Waals surface area contributed by atoms with Crippen LogP contribution >= 0.6 is 0 Å². The monoisotopic (exact) mass is 326 g/mol. The Morgan fingerprint density at radius 1 is 1.04 bits per heavy atom. The standard InChI is InChI=1S/C19H16F2N2O/c1-13-9-14(11-22-19-8-3-15(20)10-18(19)21)12-23(13)16-4-6-17(24-2)7-5-16/h3-12H,1-2H3. The molecule has 2 aromatic carbocycles. The molecule has 0 radical (unpaired) electrons. The molecule has 0 fully saturated rings. The van der Waals surface area contributed by atoms with E-state index in [1.807, 2.05) is 48.0 Å². The number of methoxy groups -OCH3 is 1. The van der Waals surface area contributed by atoms with Crippen LogP contribution in [0, 0.1) is 18.6 Å². The van der Waals surface area contributed by atoms with Crippen molar-refractivity contribution in [3.05, 3.63) is 77.6 Å². The summed E-state index contributed by atoms with van der Waals surface area (Å²) in [4.78, 5) is 4.09. The van der Waals surface area contributed by atoms with Crippen LogP contribution in [0.5, 0.6) is 5.75 Å². The van der Waals surface area contributed by atoms with E-state index in [9.17, 15) is 8.78 Å². The molecule has 0 bridgehead atoms. The number of rotatable bonds is 4. The van der Waals surface area contributed by atoms with Gasteiger partial charge in [-0.1, -0.05) is 0 Å². The van der Waals surface area contributed by atoms with Crippen LogP contribution in [0.4, 0.5) is 14.5 Å². The van der Waals surface area contributed by atoms with Crippen LogP contribution in [-0.4, -0.2) is 17.9 Å². The van der Waals surface area contributed by atoms with Crippen LogP contribution in [0.2, 0.25) is 0 Å². The Balaban J connectivity index is 1.86. The number of hydrogen-bond donors (Lipinski definition) is 0. The van der Waals surface area contributed by atoms with E-state index in [-0.39, 0.29) is 5.69 Å². The summed E-state index contributed by atoms with van der Waals surface area (Å²) in [5.41, 5.74) is 2.93. The SMILES string of the molecule is COc1ccc(-n2cc(C=Nc3ccc(F)cc3F)cc2C)cc1. The van der Waals surface area contributed by atoms with Crippen molar-refractivity contribution in [1.82, 2.24) is 4.57 Å². The summed E-state index contributed by atoms with van der Waals surface area (Å²) < 4.78 is 33.7. The number of aryl methyl sites for hydroxylation is 1. The van der Waals surface area contributed by atoms with Crippen molar-refractivity contribution in [3.63, 3.8) is 0 Å². The second-order valence-electron chi connectivity index (χ2n) is 5.34. The first-order valence-corrected chi connectivity index (χ1v) is 7.39. The topological polar surface area (TPSA) is 26.5 Å². The molecule has 0 aliphatic rings. The van der Waals surface area contributed by atoms with Crippen LogP contribution in [0.3, 0.4) is 0 Å². The fourth-order valence-corrected chi connectivity index (χ4v) is 2.42. The van der Waals surface area contributed by atoms with Gasteiger partial charge in [-0.15, -0.1) is 0 Å². The highest BCUT2D eigenvalue weighted by Gasteiger charge is 2.05. The third-order valence-electron chi connectivity index (χ3n) is 3.65. The van der Waals surface area contributed by atoms with E-state index < -0.39 is 11.6 Å². The van der Waals surface area contributed by atoms with Crippen molar-refractivity contribution in [2.24, 2.45) is 4.99 Å². The second-order valence-corrected chi connectivity index (χ2v) is 5.34. The van der Waals surface area contributed by atoms with Gasteiger partial charge in [-0.2, -0.15) is 0 Å². The fourth-order valence-electron chi connectivity index (χ4n) is 2.42. The Morgan fingerprint density at radius 2 is 1.79 bits per heavy atom. The van der Waals surface area contributed by atoms with Gasteiger partial charge < -0.3 is 9.30 Å². The lowest BCUT2D eigenvalue weighted by Gasteiger charge is -2.06. The summed E-state index contributed by atoms with van der Waals surface area (Å²) in [6, 6.07) is 12.9. The summed E-state index contributed by atoms with van der Waals surface area (Å²) in [6.07, 6.45) is 3.46. The highest BCUT2D eigenvalue weighted by Crippen LogP contribution is 2.20. The molecular weight excluding hydrogens is 310 g/mol. The van der Waals surface area contributed by atoms with Gasteiger partial charge in [-0.25, -0.2) is 8.78 Å². The van der Waals surface area contributed by atoms with E-state index >= 15 is 0 Å². The summed E-state index contributed by atoms with van der Waals surface area (Å²) >= 11 is 0. The summed E-state index contributed by atoms with van der Waals surface area (Å²) in [5.74, 6) is -0.511. The van der Waals surface area contributed by atoms with Gasteiger partial charge in [-0.05, 0) is 49.4 Å². The highest BCUT2D eigenvalue weighted by atomic mass is 19.1. The highest BCUT2D eigenvalue weighted by molar-refractivity contribution is 5.82. The maximum absolute atomic E-state index is 13.6. The zero-order valence-electron chi connectivity index (χ0n) is 13.3. The Labute approximate surface area is 138 Å². The number of nitrogens with zero attached hydrogens (tertiary/aromatic N) is 2. The number of ether oxygens (including phenoxy) is 1.